The topological polar surface area (TPSA) is 3.24 Å². The molecule has 0 aromatic heterocycles. The van der Waals surface area contributed by atoms with Crippen molar-refractivity contribution in [1.29, 1.82) is 0 Å². The minimum absolute atomic E-state index is 0.163. The molecule has 0 bridgehead atoms. The smallest absolute Gasteiger partial charge is 0.0546 e. The number of anilines is 3. The third-order valence-corrected chi connectivity index (χ3v) is 11.8. The van der Waals surface area contributed by atoms with Crippen LogP contribution in [0.4, 0.5) is 17.1 Å². The summed E-state index contributed by atoms with van der Waals surface area (Å²) < 4.78 is 0. The lowest BCUT2D eigenvalue weighted by Crippen LogP contribution is -2.17. The zero-order valence-corrected chi connectivity index (χ0v) is 30.3. The van der Waals surface area contributed by atoms with Gasteiger partial charge in [-0.2, -0.15) is 0 Å². The Labute approximate surface area is 308 Å². The number of rotatable bonds is 7. The van der Waals surface area contributed by atoms with Gasteiger partial charge in [0, 0.05) is 22.4 Å². The van der Waals surface area contributed by atoms with E-state index in [-0.39, 0.29) is 5.41 Å². The first kappa shape index (κ1) is 32.3. The van der Waals surface area contributed by atoms with Crippen LogP contribution < -0.4 is 4.90 Å². The van der Waals surface area contributed by atoms with Crippen molar-refractivity contribution < 1.29 is 0 Å². The van der Waals surface area contributed by atoms with E-state index in [1.54, 1.807) is 0 Å². The first-order valence-corrected chi connectivity index (χ1v) is 19.0. The van der Waals surface area contributed by atoms with Crippen molar-refractivity contribution in [2.45, 2.75) is 57.3 Å². The van der Waals surface area contributed by atoms with Gasteiger partial charge in [-0.25, -0.2) is 0 Å². The summed E-state index contributed by atoms with van der Waals surface area (Å²) in [6.45, 7) is 9.00. The van der Waals surface area contributed by atoms with E-state index in [0.717, 1.165) is 11.3 Å². The number of hydrogen-bond acceptors (Lipinski definition) is 1. The second-order valence-electron chi connectivity index (χ2n) is 15.2. The van der Waals surface area contributed by atoms with Crippen LogP contribution in [0.5, 0.6) is 0 Å². The van der Waals surface area contributed by atoms with Gasteiger partial charge in [0.05, 0.1) is 5.69 Å². The molecule has 1 heteroatoms. The fourth-order valence-electron chi connectivity index (χ4n) is 9.08. The lowest BCUT2D eigenvalue weighted by Gasteiger charge is -2.31. The first-order valence-electron chi connectivity index (χ1n) is 19.0. The molecule has 0 radical (unpaired) electrons. The normalized spacial score (nSPS) is 14.9. The largest absolute Gasteiger partial charge is 0.310 e. The number of nitrogens with zero attached hydrogens (tertiary/aromatic N) is 1. The zero-order valence-electron chi connectivity index (χ0n) is 30.3. The van der Waals surface area contributed by atoms with Crippen molar-refractivity contribution in [3.8, 4) is 33.4 Å². The third-order valence-electron chi connectivity index (χ3n) is 11.8. The van der Waals surface area contributed by atoms with E-state index >= 15 is 0 Å². The SMILES string of the molecule is C=Cc1ccccc1-c1cc2ccccc2cc1N(c1ccc(C2CCCCC2)cc1)c1ccc2c(c1)C(C)(C)c1cccc(-c3ccccc3)c1-2. The summed E-state index contributed by atoms with van der Waals surface area (Å²) in [4.78, 5) is 2.50. The van der Waals surface area contributed by atoms with Crippen molar-refractivity contribution >= 4 is 33.9 Å². The molecule has 254 valence electrons. The maximum Gasteiger partial charge on any atom is 0.0546 e. The van der Waals surface area contributed by atoms with Crippen molar-refractivity contribution in [3.05, 3.63) is 180 Å². The van der Waals surface area contributed by atoms with E-state index < -0.39 is 0 Å². The van der Waals surface area contributed by atoms with Crippen LogP contribution in [-0.2, 0) is 5.41 Å². The molecular weight excluding hydrogens is 627 g/mol. The van der Waals surface area contributed by atoms with Crippen LogP contribution in [-0.4, -0.2) is 0 Å². The highest BCUT2D eigenvalue weighted by molar-refractivity contribution is 6.00. The molecule has 52 heavy (non-hydrogen) atoms. The molecule has 1 nitrogen and oxygen atoms in total. The van der Waals surface area contributed by atoms with Gasteiger partial charge < -0.3 is 4.90 Å². The van der Waals surface area contributed by atoms with E-state index in [2.05, 4.69) is 177 Å². The summed E-state index contributed by atoms with van der Waals surface area (Å²) in [5.41, 5.74) is 16.3. The van der Waals surface area contributed by atoms with Gasteiger partial charge in [0.1, 0.15) is 0 Å². The minimum atomic E-state index is -0.163. The van der Waals surface area contributed by atoms with Gasteiger partial charge in [0.15, 0.2) is 0 Å². The first-order chi connectivity index (χ1) is 25.5. The molecule has 7 aromatic rings. The maximum atomic E-state index is 4.21. The monoisotopic (exact) mass is 671 g/mol. The Bertz CT molecular complexity index is 2430. The summed E-state index contributed by atoms with van der Waals surface area (Å²) in [5.74, 6) is 0.657. The van der Waals surface area contributed by atoms with Gasteiger partial charge >= 0.3 is 0 Å². The summed E-state index contributed by atoms with van der Waals surface area (Å²) >= 11 is 0. The van der Waals surface area contributed by atoms with Crippen LogP contribution in [0.25, 0.3) is 50.2 Å². The van der Waals surface area contributed by atoms with Crippen molar-refractivity contribution in [1.82, 2.24) is 0 Å². The zero-order chi connectivity index (χ0) is 35.2. The lowest BCUT2D eigenvalue weighted by molar-refractivity contribution is 0.443. The van der Waals surface area contributed by atoms with E-state index in [0.29, 0.717) is 5.92 Å². The minimum Gasteiger partial charge on any atom is -0.310 e. The highest BCUT2D eigenvalue weighted by atomic mass is 15.1. The Morgan fingerprint density at radius 3 is 2.00 bits per heavy atom. The number of benzene rings is 7. The van der Waals surface area contributed by atoms with E-state index in [9.17, 15) is 0 Å². The summed E-state index contributed by atoms with van der Waals surface area (Å²) in [5, 5.41) is 2.45. The van der Waals surface area contributed by atoms with Gasteiger partial charge in [0.2, 0.25) is 0 Å². The molecule has 2 aliphatic rings. The standard InChI is InChI=1S/C51H45N/c1-4-35-16-13-14-23-43(35)46-32-39-21-11-12-22-40(39)33-49(46)52(41-28-26-37(27-29-41)36-17-7-5-8-18-36)42-30-31-45-48(34-42)51(2,3)47-25-15-24-44(50(45)47)38-19-9-6-10-20-38/h4,6,9-16,19-34,36H,1,5,7-8,17-18H2,2-3H3. The second kappa shape index (κ2) is 13.1. The summed E-state index contributed by atoms with van der Waals surface area (Å²) in [6.07, 6.45) is 8.60. The highest BCUT2D eigenvalue weighted by Gasteiger charge is 2.37. The molecule has 0 N–H and O–H groups in total. The van der Waals surface area contributed by atoms with Crippen molar-refractivity contribution in [2.24, 2.45) is 0 Å². The van der Waals surface area contributed by atoms with Crippen molar-refractivity contribution in [3.63, 3.8) is 0 Å². The van der Waals surface area contributed by atoms with Crippen LogP contribution in [0.2, 0.25) is 0 Å². The van der Waals surface area contributed by atoms with Gasteiger partial charge in [-0.05, 0) is 116 Å². The molecule has 2 aliphatic carbocycles. The summed E-state index contributed by atoms with van der Waals surface area (Å²) in [6, 6.07) is 56.6. The van der Waals surface area contributed by atoms with Gasteiger partial charge in [0.25, 0.3) is 0 Å². The molecule has 0 saturated heterocycles. The van der Waals surface area contributed by atoms with Crippen LogP contribution in [0.3, 0.4) is 0 Å². The van der Waals surface area contributed by atoms with Crippen LogP contribution in [0, 0.1) is 0 Å². The highest BCUT2D eigenvalue weighted by Crippen LogP contribution is 2.54. The van der Waals surface area contributed by atoms with E-state index in [4.69, 9.17) is 0 Å². The Hall–Kier alpha value is -5.66. The fourth-order valence-corrected chi connectivity index (χ4v) is 9.08. The molecule has 0 spiro atoms. The quantitative estimate of drug-likeness (QED) is 0.163. The van der Waals surface area contributed by atoms with Crippen LogP contribution in [0.1, 0.15) is 74.1 Å². The molecular formula is C51H45N. The molecule has 0 heterocycles. The second-order valence-corrected chi connectivity index (χ2v) is 15.2. The molecule has 0 unspecified atom stereocenters. The Morgan fingerprint density at radius 1 is 0.558 bits per heavy atom. The van der Waals surface area contributed by atoms with Crippen molar-refractivity contribution in [2.75, 3.05) is 4.90 Å². The van der Waals surface area contributed by atoms with Gasteiger partial charge in [-0.15, -0.1) is 0 Å². The summed E-state index contributed by atoms with van der Waals surface area (Å²) in [7, 11) is 0. The fraction of sp³-hybridized carbons (Fsp3) is 0.176. The van der Waals surface area contributed by atoms with E-state index in [1.165, 1.54) is 104 Å². The predicted molar refractivity (Wildman–Crippen MR) is 223 cm³/mol. The molecule has 0 atom stereocenters. The molecule has 1 saturated carbocycles. The van der Waals surface area contributed by atoms with Crippen LogP contribution >= 0.6 is 0 Å². The molecule has 0 amide bonds. The molecule has 7 aromatic carbocycles. The predicted octanol–water partition coefficient (Wildman–Crippen LogP) is 14.6. The Balaban J connectivity index is 1.27. The average Bonchev–Trinajstić information content (AvgIpc) is 3.44. The molecule has 9 rings (SSSR count). The van der Waals surface area contributed by atoms with E-state index in [1.807, 2.05) is 6.08 Å². The number of fused-ring (bicyclic) bond motifs is 4. The Kier molecular flexibility index (Phi) is 8.16. The van der Waals surface area contributed by atoms with Gasteiger partial charge in [-0.1, -0.05) is 161 Å². The Morgan fingerprint density at radius 2 is 1.23 bits per heavy atom. The third kappa shape index (κ3) is 5.47. The molecule has 1 fully saturated rings. The molecule has 0 aliphatic heterocycles. The number of hydrogen-bond donors (Lipinski definition) is 0. The van der Waals surface area contributed by atoms with Crippen LogP contribution in [0.15, 0.2) is 158 Å². The lowest BCUT2D eigenvalue weighted by atomic mass is 9.81. The average molecular weight is 672 g/mol. The maximum absolute atomic E-state index is 4.21. The van der Waals surface area contributed by atoms with Gasteiger partial charge in [-0.3, -0.25) is 0 Å².